The molecular formula is C20H19ClF2N4O. The molecule has 5 nitrogen and oxygen atoms in total. The third-order valence-corrected chi connectivity index (χ3v) is 4.55. The van der Waals surface area contributed by atoms with Gasteiger partial charge in [0.2, 0.25) is 0 Å². The molecule has 0 bridgehead atoms. The quantitative estimate of drug-likeness (QED) is 0.606. The lowest BCUT2D eigenvalue weighted by molar-refractivity contribution is 0.206. The van der Waals surface area contributed by atoms with Gasteiger partial charge in [0.15, 0.2) is 0 Å². The van der Waals surface area contributed by atoms with Crippen LogP contribution in [0.1, 0.15) is 12.0 Å². The van der Waals surface area contributed by atoms with E-state index in [1.54, 1.807) is 18.6 Å². The van der Waals surface area contributed by atoms with Gasteiger partial charge in [-0.15, -0.1) is 0 Å². The standard InChI is InChI=1S/C20H19ClF2N4O/c21-18-3-1-4-19(23)17(18)13-27(11-2-10-26-12-9-24-14-26)20(28)25-16-7-5-15(22)6-8-16/h1,3-9,12,14H,2,10-11,13H2,(H,25,28). The second-order valence-corrected chi connectivity index (χ2v) is 6.62. The van der Waals surface area contributed by atoms with Gasteiger partial charge in [-0.2, -0.15) is 0 Å². The molecule has 146 valence electrons. The maximum absolute atomic E-state index is 14.2. The van der Waals surface area contributed by atoms with E-state index in [9.17, 15) is 13.6 Å². The Hall–Kier alpha value is -2.93. The number of carbonyl (C=O) groups excluding carboxylic acids is 1. The minimum atomic E-state index is -0.471. The largest absolute Gasteiger partial charge is 0.337 e. The molecule has 0 saturated heterocycles. The van der Waals surface area contributed by atoms with Crippen LogP contribution in [0.3, 0.4) is 0 Å². The number of rotatable bonds is 7. The molecule has 0 aliphatic heterocycles. The number of anilines is 1. The number of nitrogens with one attached hydrogen (secondary N) is 1. The highest BCUT2D eigenvalue weighted by Crippen LogP contribution is 2.21. The van der Waals surface area contributed by atoms with Crippen LogP contribution in [0.25, 0.3) is 0 Å². The molecule has 0 unspecified atom stereocenters. The first-order valence-electron chi connectivity index (χ1n) is 8.73. The number of aromatic nitrogens is 2. The molecule has 0 aliphatic rings. The first-order chi connectivity index (χ1) is 13.5. The Morgan fingerprint density at radius 3 is 2.64 bits per heavy atom. The van der Waals surface area contributed by atoms with E-state index in [1.165, 1.54) is 41.3 Å². The zero-order valence-corrected chi connectivity index (χ0v) is 15.7. The van der Waals surface area contributed by atoms with Crippen molar-refractivity contribution in [2.24, 2.45) is 0 Å². The Morgan fingerprint density at radius 2 is 1.96 bits per heavy atom. The number of nitrogens with zero attached hydrogens (tertiary/aromatic N) is 3. The summed E-state index contributed by atoms with van der Waals surface area (Å²) in [5.41, 5.74) is 0.701. The summed E-state index contributed by atoms with van der Waals surface area (Å²) < 4.78 is 29.2. The Bertz CT molecular complexity index is 896. The molecule has 28 heavy (non-hydrogen) atoms. The van der Waals surface area contributed by atoms with Crippen LogP contribution in [-0.4, -0.2) is 27.0 Å². The summed E-state index contributed by atoms with van der Waals surface area (Å²) in [5, 5.41) is 2.97. The molecular weight excluding hydrogens is 386 g/mol. The number of amides is 2. The van der Waals surface area contributed by atoms with Gasteiger partial charge in [0, 0.05) is 41.8 Å². The van der Waals surface area contributed by atoms with Gasteiger partial charge < -0.3 is 14.8 Å². The third kappa shape index (κ3) is 5.29. The topological polar surface area (TPSA) is 50.2 Å². The summed E-state index contributed by atoms with van der Waals surface area (Å²) in [5.74, 6) is -0.866. The Balaban J connectivity index is 1.72. The summed E-state index contributed by atoms with van der Waals surface area (Å²) in [6, 6.07) is 9.43. The van der Waals surface area contributed by atoms with Gasteiger partial charge in [-0.25, -0.2) is 18.6 Å². The monoisotopic (exact) mass is 404 g/mol. The van der Waals surface area contributed by atoms with Crippen molar-refractivity contribution in [3.8, 4) is 0 Å². The minimum Gasteiger partial charge on any atom is -0.337 e. The van der Waals surface area contributed by atoms with Crippen molar-refractivity contribution in [1.29, 1.82) is 0 Å². The van der Waals surface area contributed by atoms with E-state index in [0.717, 1.165) is 0 Å². The van der Waals surface area contributed by atoms with E-state index in [1.807, 2.05) is 10.8 Å². The molecule has 0 fully saturated rings. The molecule has 2 amide bonds. The van der Waals surface area contributed by atoms with Crippen LogP contribution in [0.5, 0.6) is 0 Å². The van der Waals surface area contributed by atoms with E-state index in [-0.39, 0.29) is 17.1 Å². The van der Waals surface area contributed by atoms with Gasteiger partial charge in [-0.05, 0) is 42.8 Å². The van der Waals surface area contributed by atoms with Crippen LogP contribution >= 0.6 is 11.6 Å². The normalized spacial score (nSPS) is 10.7. The summed E-state index contributed by atoms with van der Waals surface area (Å²) in [6.45, 7) is 1.05. The van der Waals surface area contributed by atoms with Crippen LogP contribution in [0.15, 0.2) is 61.2 Å². The molecule has 0 saturated carbocycles. The lowest BCUT2D eigenvalue weighted by Crippen LogP contribution is -2.36. The van der Waals surface area contributed by atoms with Crippen molar-refractivity contribution in [1.82, 2.24) is 14.5 Å². The van der Waals surface area contributed by atoms with Crippen LogP contribution in [0.2, 0.25) is 5.02 Å². The Kier molecular flexibility index (Phi) is 6.60. The molecule has 0 radical (unpaired) electrons. The SMILES string of the molecule is O=C(Nc1ccc(F)cc1)N(CCCn1ccnc1)Cc1c(F)cccc1Cl. The van der Waals surface area contributed by atoms with Crippen molar-refractivity contribution in [2.45, 2.75) is 19.5 Å². The maximum atomic E-state index is 14.2. The van der Waals surface area contributed by atoms with Crippen LogP contribution in [-0.2, 0) is 13.1 Å². The number of benzene rings is 2. The van der Waals surface area contributed by atoms with Crippen LogP contribution in [0, 0.1) is 11.6 Å². The van der Waals surface area contributed by atoms with Gasteiger partial charge in [0.25, 0.3) is 0 Å². The second-order valence-electron chi connectivity index (χ2n) is 6.21. The smallest absolute Gasteiger partial charge is 0.322 e. The van der Waals surface area contributed by atoms with E-state index in [0.29, 0.717) is 25.2 Å². The fraction of sp³-hybridized carbons (Fsp3) is 0.200. The third-order valence-electron chi connectivity index (χ3n) is 4.20. The minimum absolute atomic E-state index is 0.0163. The number of aryl methyl sites for hydroxylation is 1. The van der Waals surface area contributed by atoms with Gasteiger partial charge >= 0.3 is 6.03 Å². The predicted octanol–water partition coefficient (Wildman–Crippen LogP) is 4.94. The zero-order chi connectivity index (χ0) is 19.9. The average molecular weight is 405 g/mol. The maximum Gasteiger partial charge on any atom is 0.322 e. The molecule has 3 rings (SSSR count). The Labute approximate surface area is 166 Å². The van der Waals surface area contributed by atoms with Gasteiger partial charge in [-0.3, -0.25) is 0 Å². The van der Waals surface area contributed by atoms with Gasteiger partial charge in [0.05, 0.1) is 12.9 Å². The zero-order valence-electron chi connectivity index (χ0n) is 15.0. The first kappa shape index (κ1) is 19.8. The lowest BCUT2D eigenvalue weighted by atomic mass is 10.2. The molecule has 0 atom stereocenters. The number of imidazole rings is 1. The molecule has 2 aromatic carbocycles. The molecule has 8 heteroatoms. The highest BCUT2D eigenvalue weighted by Gasteiger charge is 2.18. The fourth-order valence-corrected chi connectivity index (χ4v) is 2.95. The van der Waals surface area contributed by atoms with Crippen molar-refractivity contribution in [3.63, 3.8) is 0 Å². The fourth-order valence-electron chi connectivity index (χ4n) is 2.73. The number of urea groups is 1. The first-order valence-corrected chi connectivity index (χ1v) is 9.11. The Morgan fingerprint density at radius 1 is 1.18 bits per heavy atom. The van der Waals surface area contributed by atoms with Gasteiger partial charge in [-0.1, -0.05) is 17.7 Å². The van der Waals surface area contributed by atoms with Crippen molar-refractivity contribution < 1.29 is 13.6 Å². The van der Waals surface area contributed by atoms with Crippen LogP contribution in [0.4, 0.5) is 19.3 Å². The summed E-state index contributed by atoms with van der Waals surface area (Å²) in [4.78, 5) is 18.2. The van der Waals surface area contributed by atoms with Gasteiger partial charge in [0.1, 0.15) is 11.6 Å². The summed E-state index contributed by atoms with van der Waals surface area (Å²) >= 11 is 6.12. The molecule has 3 aromatic rings. The second kappa shape index (κ2) is 9.32. The highest BCUT2D eigenvalue weighted by molar-refractivity contribution is 6.31. The van der Waals surface area contributed by atoms with E-state index in [4.69, 9.17) is 11.6 Å². The molecule has 1 heterocycles. The number of carbonyl (C=O) groups is 1. The lowest BCUT2D eigenvalue weighted by Gasteiger charge is -2.24. The van der Waals surface area contributed by atoms with Crippen molar-refractivity contribution in [2.75, 3.05) is 11.9 Å². The number of hydrogen-bond donors (Lipinski definition) is 1. The van der Waals surface area contributed by atoms with Crippen molar-refractivity contribution >= 4 is 23.3 Å². The number of hydrogen-bond acceptors (Lipinski definition) is 2. The highest BCUT2D eigenvalue weighted by atomic mass is 35.5. The van der Waals surface area contributed by atoms with Crippen LogP contribution < -0.4 is 5.32 Å². The van der Waals surface area contributed by atoms with E-state index >= 15 is 0 Å². The molecule has 1 N–H and O–H groups in total. The number of halogens is 3. The molecule has 1 aromatic heterocycles. The molecule has 0 aliphatic carbocycles. The summed E-state index contributed by atoms with van der Waals surface area (Å²) in [6.07, 6.45) is 5.84. The van der Waals surface area contributed by atoms with Crippen molar-refractivity contribution in [3.05, 3.63) is 83.4 Å². The summed E-state index contributed by atoms with van der Waals surface area (Å²) in [7, 11) is 0. The average Bonchev–Trinajstić information content (AvgIpc) is 3.18. The van der Waals surface area contributed by atoms with E-state index < -0.39 is 17.7 Å². The molecule has 0 spiro atoms. The predicted molar refractivity (Wildman–Crippen MR) is 104 cm³/mol. The van der Waals surface area contributed by atoms with E-state index in [2.05, 4.69) is 10.3 Å².